The summed E-state index contributed by atoms with van der Waals surface area (Å²) < 4.78 is 0. The molecule has 1 amide bonds. The monoisotopic (exact) mass is 370 g/mol. The van der Waals surface area contributed by atoms with E-state index in [0.717, 1.165) is 24.3 Å². The average molecular weight is 370 g/mol. The molecule has 0 saturated carbocycles. The van der Waals surface area contributed by atoms with Crippen LogP contribution in [-0.4, -0.2) is 33.3 Å². The Morgan fingerprint density at radius 3 is 2.88 bits per heavy atom. The van der Waals surface area contributed by atoms with Crippen LogP contribution in [0.4, 0.5) is 11.5 Å². The Hall–Kier alpha value is -2.61. The summed E-state index contributed by atoms with van der Waals surface area (Å²) in [5.41, 5.74) is 7.50. The van der Waals surface area contributed by atoms with E-state index < -0.39 is 0 Å². The van der Waals surface area contributed by atoms with Crippen molar-refractivity contribution in [3.8, 4) is 0 Å². The minimum Gasteiger partial charge on any atom is -0.379 e. The van der Waals surface area contributed by atoms with Crippen molar-refractivity contribution in [1.29, 1.82) is 0 Å². The molecule has 26 heavy (non-hydrogen) atoms. The molecule has 136 valence electrons. The third kappa shape index (κ3) is 4.13. The molecular weight excluding hydrogens is 348 g/mol. The zero-order valence-electron chi connectivity index (χ0n) is 14.8. The van der Waals surface area contributed by atoms with Gasteiger partial charge in [-0.2, -0.15) is 0 Å². The Balaban J connectivity index is 1.76. The van der Waals surface area contributed by atoms with Gasteiger partial charge in [-0.05, 0) is 38.0 Å². The molecule has 0 fully saturated rings. The number of benzene rings is 1. The van der Waals surface area contributed by atoms with Crippen molar-refractivity contribution in [2.45, 2.75) is 25.8 Å². The van der Waals surface area contributed by atoms with E-state index in [4.69, 9.17) is 5.73 Å². The lowest BCUT2D eigenvalue weighted by Crippen LogP contribution is -2.28. The fourth-order valence-electron chi connectivity index (χ4n) is 2.74. The number of aliphatic imine (C=N–C) groups is 1. The predicted molar refractivity (Wildman–Crippen MR) is 107 cm³/mol. The zero-order chi connectivity index (χ0) is 18.6. The molecule has 0 spiro atoms. The van der Waals surface area contributed by atoms with Gasteiger partial charge in [0, 0.05) is 18.0 Å². The third-order valence-electron chi connectivity index (χ3n) is 4.18. The van der Waals surface area contributed by atoms with E-state index in [9.17, 15) is 4.79 Å². The number of carbonyl (C=O) groups is 1. The van der Waals surface area contributed by atoms with E-state index in [-0.39, 0.29) is 17.1 Å². The van der Waals surface area contributed by atoms with Gasteiger partial charge in [-0.1, -0.05) is 23.9 Å². The number of amides is 1. The molecule has 1 aliphatic rings. The second-order valence-electron chi connectivity index (χ2n) is 6.17. The second kappa shape index (κ2) is 7.74. The molecule has 0 saturated heterocycles. The first-order chi connectivity index (χ1) is 12.5. The van der Waals surface area contributed by atoms with Gasteiger partial charge >= 0.3 is 0 Å². The van der Waals surface area contributed by atoms with Crippen LogP contribution >= 0.6 is 11.8 Å². The number of carbonyl (C=O) groups excluding carboxylic acids is 1. The summed E-state index contributed by atoms with van der Waals surface area (Å²) in [6.07, 6.45) is 3.90. The number of amidine groups is 1. The normalized spacial score (nSPS) is 19.5. The van der Waals surface area contributed by atoms with Gasteiger partial charge in [0.2, 0.25) is 0 Å². The van der Waals surface area contributed by atoms with Crippen LogP contribution in [-0.2, 0) is 5.54 Å². The fourth-order valence-corrected chi connectivity index (χ4v) is 3.71. The fraction of sp³-hybridized carbons (Fsp3) is 0.333. The SMILES string of the molecule is CCNc1cnc(C(=O)Nc2cccc([C@]3(C)CCSC(N)=N3)c2)cn1. The van der Waals surface area contributed by atoms with E-state index in [0.29, 0.717) is 16.7 Å². The molecule has 2 aromatic rings. The lowest BCUT2D eigenvalue weighted by atomic mass is 9.89. The van der Waals surface area contributed by atoms with Crippen LogP contribution < -0.4 is 16.4 Å². The summed E-state index contributed by atoms with van der Waals surface area (Å²) >= 11 is 1.57. The number of nitrogens with two attached hydrogens (primary N) is 1. The number of thioether (sulfide) groups is 1. The number of hydrogen-bond donors (Lipinski definition) is 3. The lowest BCUT2D eigenvalue weighted by molar-refractivity contribution is 0.102. The maximum atomic E-state index is 12.4. The first-order valence-corrected chi connectivity index (χ1v) is 9.44. The summed E-state index contributed by atoms with van der Waals surface area (Å²) in [4.78, 5) is 25.3. The summed E-state index contributed by atoms with van der Waals surface area (Å²) in [6, 6.07) is 7.69. The smallest absolute Gasteiger partial charge is 0.275 e. The van der Waals surface area contributed by atoms with Crippen molar-refractivity contribution in [3.05, 3.63) is 47.9 Å². The van der Waals surface area contributed by atoms with Crippen molar-refractivity contribution in [2.75, 3.05) is 22.9 Å². The van der Waals surface area contributed by atoms with Crippen LogP contribution in [0.1, 0.15) is 36.3 Å². The van der Waals surface area contributed by atoms with Gasteiger partial charge in [-0.3, -0.25) is 9.79 Å². The molecule has 0 radical (unpaired) electrons. The van der Waals surface area contributed by atoms with E-state index in [1.807, 2.05) is 31.2 Å². The number of nitrogens with zero attached hydrogens (tertiary/aromatic N) is 3. The first kappa shape index (κ1) is 18.2. The van der Waals surface area contributed by atoms with Gasteiger partial charge in [0.1, 0.15) is 11.5 Å². The van der Waals surface area contributed by atoms with Crippen LogP contribution in [0.2, 0.25) is 0 Å². The Morgan fingerprint density at radius 2 is 2.19 bits per heavy atom. The second-order valence-corrected chi connectivity index (χ2v) is 7.29. The molecule has 8 heteroatoms. The zero-order valence-corrected chi connectivity index (χ0v) is 15.6. The molecule has 2 heterocycles. The molecule has 3 rings (SSSR count). The molecule has 1 atom stereocenters. The number of anilines is 2. The number of rotatable bonds is 5. The minimum absolute atomic E-state index is 0.264. The Bertz CT molecular complexity index is 823. The Morgan fingerprint density at radius 1 is 1.35 bits per heavy atom. The van der Waals surface area contributed by atoms with Crippen molar-refractivity contribution < 1.29 is 4.79 Å². The molecule has 0 unspecified atom stereocenters. The number of aromatic nitrogens is 2. The molecule has 0 bridgehead atoms. The van der Waals surface area contributed by atoms with Gasteiger partial charge in [0.25, 0.3) is 5.91 Å². The van der Waals surface area contributed by atoms with E-state index in [1.165, 1.54) is 6.20 Å². The van der Waals surface area contributed by atoms with Crippen molar-refractivity contribution in [3.63, 3.8) is 0 Å². The topological polar surface area (TPSA) is 105 Å². The minimum atomic E-state index is -0.372. The highest BCUT2D eigenvalue weighted by atomic mass is 32.2. The van der Waals surface area contributed by atoms with E-state index in [2.05, 4.69) is 32.5 Å². The standard InChI is InChI=1S/C18H22N6OS/c1-3-20-15-11-21-14(10-22-15)16(25)23-13-6-4-5-12(9-13)18(2)7-8-26-17(19)24-18/h4-6,9-11H,3,7-8H2,1-2H3,(H2,19,24)(H,20,22)(H,23,25)/t18-/m0/s1. The van der Waals surface area contributed by atoms with Crippen LogP contribution in [0, 0.1) is 0 Å². The average Bonchev–Trinajstić information content (AvgIpc) is 2.63. The highest BCUT2D eigenvalue weighted by Gasteiger charge is 2.29. The van der Waals surface area contributed by atoms with Crippen LogP contribution in [0.15, 0.2) is 41.7 Å². The Labute approximate surface area is 156 Å². The molecular formula is C18H22N6OS. The maximum Gasteiger partial charge on any atom is 0.275 e. The summed E-state index contributed by atoms with van der Waals surface area (Å²) in [5.74, 6) is 1.27. The van der Waals surface area contributed by atoms with E-state index in [1.54, 1.807) is 18.0 Å². The van der Waals surface area contributed by atoms with Crippen LogP contribution in [0.5, 0.6) is 0 Å². The molecule has 7 nitrogen and oxygen atoms in total. The molecule has 1 aliphatic heterocycles. The predicted octanol–water partition coefficient (Wildman–Crippen LogP) is 2.83. The highest BCUT2D eigenvalue weighted by molar-refractivity contribution is 8.13. The van der Waals surface area contributed by atoms with Gasteiger partial charge in [-0.15, -0.1) is 0 Å². The largest absolute Gasteiger partial charge is 0.379 e. The molecule has 4 N–H and O–H groups in total. The van der Waals surface area contributed by atoms with Crippen LogP contribution in [0.3, 0.4) is 0 Å². The van der Waals surface area contributed by atoms with Gasteiger partial charge in [0.05, 0.1) is 17.9 Å². The molecule has 0 aliphatic carbocycles. The number of hydrogen-bond acceptors (Lipinski definition) is 7. The lowest BCUT2D eigenvalue weighted by Gasteiger charge is -2.30. The van der Waals surface area contributed by atoms with Crippen molar-refractivity contribution in [2.24, 2.45) is 10.7 Å². The van der Waals surface area contributed by atoms with E-state index >= 15 is 0 Å². The summed E-state index contributed by atoms with van der Waals surface area (Å²) in [6.45, 7) is 4.78. The van der Waals surface area contributed by atoms with Gasteiger partial charge in [0.15, 0.2) is 5.17 Å². The third-order valence-corrected chi connectivity index (χ3v) is 4.98. The summed E-state index contributed by atoms with van der Waals surface area (Å²) in [5, 5.41) is 6.52. The maximum absolute atomic E-state index is 12.4. The Kier molecular flexibility index (Phi) is 5.41. The van der Waals surface area contributed by atoms with Crippen molar-refractivity contribution in [1.82, 2.24) is 9.97 Å². The van der Waals surface area contributed by atoms with Gasteiger partial charge in [-0.25, -0.2) is 9.97 Å². The van der Waals surface area contributed by atoms with Crippen molar-refractivity contribution >= 4 is 34.3 Å². The molecule has 1 aromatic heterocycles. The highest BCUT2D eigenvalue weighted by Crippen LogP contribution is 2.35. The summed E-state index contributed by atoms with van der Waals surface area (Å²) in [7, 11) is 0. The van der Waals surface area contributed by atoms with Crippen LogP contribution in [0.25, 0.3) is 0 Å². The number of nitrogens with one attached hydrogen (secondary N) is 2. The van der Waals surface area contributed by atoms with Gasteiger partial charge < -0.3 is 16.4 Å². The first-order valence-electron chi connectivity index (χ1n) is 8.46. The quantitative estimate of drug-likeness (QED) is 0.747. The molecule has 1 aromatic carbocycles.